The molecule has 0 saturated carbocycles. The summed E-state index contributed by atoms with van der Waals surface area (Å²) in [4.78, 5) is 22.9. The van der Waals surface area contributed by atoms with Gasteiger partial charge in [0.2, 0.25) is 5.60 Å². The Morgan fingerprint density at radius 2 is 2.00 bits per heavy atom. The van der Waals surface area contributed by atoms with E-state index in [9.17, 15) is 36.3 Å². The molecule has 0 radical (unpaired) electrons. The number of hydrogen-bond donors (Lipinski definition) is 3. The second-order valence-corrected chi connectivity index (χ2v) is 10.9. The highest BCUT2D eigenvalue weighted by Gasteiger charge is 2.51. The number of rotatable bonds is 8. The van der Waals surface area contributed by atoms with Gasteiger partial charge in [-0.15, -0.1) is 0 Å². The van der Waals surface area contributed by atoms with Crippen molar-refractivity contribution in [1.29, 1.82) is 0 Å². The van der Waals surface area contributed by atoms with E-state index < -0.39 is 59.0 Å². The average Bonchev–Trinajstić information content (AvgIpc) is 3.19. The van der Waals surface area contributed by atoms with Gasteiger partial charge in [0.05, 0.1) is 12.2 Å². The van der Waals surface area contributed by atoms with Crippen LogP contribution in [0.3, 0.4) is 0 Å². The van der Waals surface area contributed by atoms with Crippen molar-refractivity contribution >= 4 is 45.1 Å². The molecule has 1 aromatic heterocycles. The number of benzene rings is 1. The minimum Gasteiger partial charge on any atom is -0.486 e. The first kappa shape index (κ1) is 29.3. The van der Waals surface area contributed by atoms with E-state index >= 15 is 0 Å². The lowest BCUT2D eigenvalue weighted by Gasteiger charge is -2.36. The molecule has 2 atom stereocenters. The number of carboxylic acid groups (broad SMARTS) is 1. The summed E-state index contributed by atoms with van der Waals surface area (Å²) >= 11 is 6.06. The molecule has 1 aromatic carbocycles. The fourth-order valence-corrected chi connectivity index (χ4v) is 5.30. The Morgan fingerprint density at radius 1 is 1.34 bits per heavy atom. The zero-order valence-corrected chi connectivity index (χ0v) is 21.8. The van der Waals surface area contributed by atoms with Crippen LogP contribution in [-0.4, -0.2) is 71.0 Å². The third kappa shape index (κ3) is 6.07. The second-order valence-electron chi connectivity index (χ2n) is 8.71. The van der Waals surface area contributed by atoms with E-state index in [1.807, 2.05) is 0 Å². The average molecular weight is 585 g/mol. The molecule has 0 bridgehead atoms. The van der Waals surface area contributed by atoms with E-state index in [1.54, 1.807) is 6.92 Å². The fourth-order valence-electron chi connectivity index (χ4n) is 3.36. The largest absolute Gasteiger partial charge is 0.486 e. The van der Waals surface area contributed by atoms with Gasteiger partial charge in [-0.3, -0.25) is 14.3 Å². The second kappa shape index (κ2) is 10.5. The molecule has 0 spiro atoms. The molecule has 2 heterocycles. The molecule has 0 saturated heterocycles. The number of carboxylic acids is 1. The molecule has 1 amide bonds. The summed E-state index contributed by atoms with van der Waals surface area (Å²) in [5.74, 6) is -1.61. The molecule has 1 unspecified atom stereocenters. The van der Waals surface area contributed by atoms with Gasteiger partial charge in [0.1, 0.15) is 16.7 Å². The molecule has 1 aliphatic heterocycles. The third-order valence-electron chi connectivity index (χ3n) is 5.52. The lowest BCUT2D eigenvalue weighted by atomic mass is 10.1. The van der Waals surface area contributed by atoms with E-state index in [4.69, 9.17) is 21.4 Å². The van der Waals surface area contributed by atoms with Gasteiger partial charge in [0.15, 0.2) is 11.3 Å². The molecule has 38 heavy (non-hydrogen) atoms. The molecule has 0 fully saturated rings. The predicted molar refractivity (Wildman–Crippen MR) is 127 cm³/mol. The Balaban J connectivity index is 2.00. The molecular formula is C21H24ClF3N4O8S. The lowest BCUT2D eigenvalue weighted by Crippen LogP contribution is -2.45. The van der Waals surface area contributed by atoms with Crippen LogP contribution in [0.25, 0.3) is 0 Å². The summed E-state index contributed by atoms with van der Waals surface area (Å²) in [6.07, 6.45) is -8.55. The van der Waals surface area contributed by atoms with Crippen molar-refractivity contribution in [3.63, 3.8) is 0 Å². The Labute approximate surface area is 219 Å². The zero-order valence-electron chi connectivity index (χ0n) is 20.2. The molecule has 17 heteroatoms. The molecule has 0 aliphatic carbocycles. The van der Waals surface area contributed by atoms with Crippen LogP contribution >= 0.6 is 11.6 Å². The number of fused-ring (bicyclic) bond motifs is 1. The van der Waals surface area contributed by atoms with Gasteiger partial charge in [-0.2, -0.15) is 18.3 Å². The number of nitrogens with zero attached hydrogens (tertiary/aromatic N) is 3. The number of alkyl halides is 3. The van der Waals surface area contributed by atoms with Crippen LogP contribution in [0.2, 0.25) is 5.15 Å². The summed E-state index contributed by atoms with van der Waals surface area (Å²) in [6.45, 7) is 2.85. The van der Waals surface area contributed by atoms with Crippen LogP contribution in [0.4, 0.5) is 29.3 Å². The van der Waals surface area contributed by atoms with Crippen molar-refractivity contribution in [1.82, 2.24) is 9.78 Å². The van der Waals surface area contributed by atoms with Gasteiger partial charge in [-0.25, -0.2) is 18.0 Å². The Kier molecular flexibility index (Phi) is 8.10. The molecule has 210 valence electrons. The number of aliphatic carboxylic acids is 1. The first-order valence-electron chi connectivity index (χ1n) is 11.0. The number of carbonyl (C=O) groups is 2. The fraction of sp³-hybridized carbons (Fsp3) is 0.476. The number of carbonyl (C=O) groups excluding carboxylic acids is 1. The number of halogens is 4. The van der Waals surface area contributed by atoms with Crippen LogP contribution in [0.15, 0.2) is 29.3 Å². The van der Waals surface area contributed by atoms with E-state index in [-0.39, 0.29) is 27.2 Å². The Morgan fingerprint density at radius 3 is 2.55 bits per heavy atom. The number of aromatic nitrogens is 2. The number of anilines is 2. The van der Waals surface area contributed by atoms with Crippen molar-refractivity contribution in [2.75, 3.05) is 16.2 Å². The number of sulfonamides is 1. The minimum atomic E-state index is -4.85. The summed E-state index contributed by atoms with van der Waals surface area (Å²) in [7, 11) is -4.46. The van der Waals surface area contributed by atoms with Crippen LogP contribution in [-0.2, 0) is 26.1 Å². The number of amides is 1. The smallest absolute Gasteiger partial charge is 0.427 e. The van der Waals surface area contributed by atoms with Crippen LogP contribution in [0.5, 0.6) is 5.75 Å². The van der Waals surface area contributed by atoms with Gasteiger partial charge >= 0.3 is 18.2 Å². The molecular weight excluding hydrogens is 561 g/mol. The van der Waals surface area contributed by atoms with Crippen molar-refractivity contribution in [3.8, 4) is 5.75 Å². The molecule has 3 rings (SSSR count). The van der Waals surface area contributed by atoms with Crippen LogP contribution in [0.1, 0.15) is 27.2 Å². The molecule has 1 aliphatic rings. The summed E-state index contributed by atoms with van der Waals surface area (Å²) in [5, 5.41) is 24.5. The standard InChI is InChI=1S/C21H24ClF3N4O8S/c1-4-28-10-16(17(22)27-28)38(34,35)29-9-12(8-14(30)18(31)32)36-15-6-5-11(7-13(15)29)26-19(33)37-20(2,3)21(23,24)25/h5-7,10,12,14,30H,4,8-9H2,1-3H3,(H,26,33)(H,31,32)/t12-,14?/m0/s1. The van der Waals surface area contributed by atoms with Crippen molar-refractivity contribution in [2.24, 2.45) is 0 Å². The summed E-state index contributed by atoms with van der Waals surface area (Å²) < 4.78 is 78.7. The number of aliphatic hydroxyl groups excluding tert-OH is 1. The molecule has 3 N–H and O–H groups in total. The van der Waals surface area contributed by atoms with Crippen LogP contribution in [0, 0.1) is 0 Å². The van der Waals surface area contributed by atoms with Crippen molar-refractivity contribution in [2.45, 2.75) is 62.6 Å². The monoisotopic (exact) mass is 584 g/mol. The van der Waals surface area contributed by atoms with Crippen LogP contribution < -0.4 is 14.4 Å². The zero-order chi connectivity index (χ0) is 28.6. The van der Waals surface area contributed by atoms with Gasteiger partial charge < -0.3 is 19.7 Å². The maximum atomic E-state index is 13.6. The van der Waals surface area contributed by atoms with Gasteiger partial charge in [-0.1, -0.05) is 11.6 Å². The SMILES string of the molecule is CCn1cc(S(=O)(=O)N2C[C@H](CC(O)C(=O)O)Oc3ccc(NC(=O)OC(C)(C)C(F)(F)F)cc32)c(Cl)n1. The molecule has 12 nitrogen and oxygen atoms in total. The maximum Gasteiger partial charge on any atom is 0.427 e. The highest BCUT2D eigenvalue weighted by Crippen LogP contribution is 2.41. The Bertz CT molecular complexity index is 1330. The lowest BCUT2D eigenvalue weighted by molar-refractivity contribution is -0.242. The van der Waals surface area contributed by atoms with Gasteiger partial charge in [-0.05, 0) is 39.0 Å². The Hall–Kier alpha value is -3.24. The summed E-state index contributed by atoms with van der Waals surface area (Å²) in [5.41, 5.74) is -3.08. The highest BCUT2D eigenvalue weighted by atomic mass is 35.5. The van der Waals surface area contributed by atoms with E-state index in [0.29, 0.717) is 20.4 Å². The predicted octanol–water partition coefficient (Wildman–Crippen LogP) is 3.24. The van der Waals surface area contributed by atoms with E-state index in [2.05, 4.69) is 15.2 Å². The number of aryl methyl sites for hydroxylation is 1. The van der Waals surface area contributed by atoms with E-state index in [0.717, 1.165) is 10.4 Å². The number of nitrogens with one attached hydrogen (secondary N) is 1. The first-order valence-corrected chi connectivity index (χ1v) is 12.8. The minimum absolute atomic E-state index is 0.0732. The maximum absolute atomic E-state index is 13.6. The number of ether oxygens (including phenoxy) is 2. The van der Waals surface area contributed by atoms with Crippen molar-refractivity contribution < 1.29 is 50.9 Å². The van der Waals surface area contributed by atoms with Crippen molar-refractivity contribution in [3.05, 3.63) is 29.5 Å². The number of aliphatic hydroxyl groups is 1. The van der Waals surface area contributed by atoms with Gasteiger partial charge in [0, 0.05) is 24.8 Å². The summed E-state index contributed by atoms with van der Waals surface area (Å²) in [6, 6.07) is 3.55. The first-order chi connectivity index (χ1) is 17.5. The molecule has 2 aromatic rings. The number of hydrogen-bond acceptors (Lipinski definition) is 8. The van der Waals surface area contributed by atoms with E-state index in [1.165, 1.54) is 23.0 Å². The third-order valence-corrected chi connectivity index (χ3v) is 7.69. The topological polar surface area (TPSA) is 160 Å². The normalized spacial score (nSPS) is 16.8. The highest BCUT2D eigenvalue weighted by molar-refractivity contribution is 7.93. The van der Waals surface area contributed by atoms with Gasteiger partial charge in [0.25, 0.3) is 10.0 Å². The quantitative estimate of drug-likeness (QED) is 0.423.